The van der Waals surface area contributed by atoms with Crippen molar-refractivity contribution < 1.29 is 22.4 Å². The number of benzene rings is 1. The highest BCUT2D eigenvalue weighted by atomic mass is 32.2. The molecule has 0 saturated heterocycles. The Labute approximate surface area is 170 Å². The molecule has 1 aromatic heterocycles. The van der Waals surface area contributed by atoms with Crippen molar-refractivity contribution in [3.05, 3.63) is 47.9 Å². The number of furan rings is 1. The van der Waals surface area contributed by atoms with Gasteiger partial charge in [-0.25, -0.2) is 8.42 Å². The van der Waals surface area contributed by atoms with E-state index in [4.69, 9.17) is 4.42 Å². The molecule has 0 bridgehead atoms. The van der Waals surface area contributed by atoms with E-state index in [0.29, 0.717) is 30.1 Å². The summed E-state index contributed by atoms with van der Waals surface area (Å²) < 4.78 is 32.2. The molecule has 0 radical (unpaired) electrons. The molecule has 0 fully saturated rings. The number of carbonyl (C=O) groups excluding carboxylic acids is 2. The molecule has 1 atom stereocenters. The van der Waals surface area contributed by atoms with Crippen molar-refractivity contribution in [2.75, 3.05) is 18.0 Å². The van der Waals surface area contributed by atoms with E-state index < -0.39 is 16.1 Å². The number of carbonyl (C=O) groups is 2. The molecule has 29 heavy (non-hydrogen) atoms. The van der Waals surface area contributed by atoms with Gasteiger partial charge < -0.3 is 9.73 Å². The average molecular weight is 420 g/mol. The van der Waals surface area contributed by atoms with E-state index in [-0.39, 0.29) is 29.7 Å². The monoisotopic (exact) mass is 419 g/mol. The summed E-state index contributed by atoms with van der Waals surface area (Å²) in [5.41, 5.74) is 1.22. The van der Waals surface area contributed by atoms with Crippen LogP contribution in [0.4, 0.5) is 5.69 Å². The Kier molecular flexibility index (Phi) is 6.09. The second-order valence-corrected chi connectivity index (χ2v) is 8.72. The number of anilines is 1. The molecule has 1 aromatic carbocycles. The summed E-state index contributed by atoms with van der Waals surface area (Å²) in [6.07, 6.45) is 1.77. The average Bonchev–Trinajstić information content (AvgIpc) is 3.33. The van der Waals surface area contributed by atoms with Gasteiger partial charge in [0.15, 0.2) is 0 Å². The zero-order valence-corrected chi connectivity index (χ0v) is 17.5. The Morgan fingerprint density at radius 2 is 1.97 bits per heavy atom. The Hall–Kier alpha value is -2.65. The van der Waals surface area contributed by atoms with E-state index >= 15 is 0 Å². The van der Waals surface area contributed by atoms with E-state index in [9.17, 15) is 18.0 Å². The molecule has 1 unspecified atom stereocenters. The maximum atomic E-state index is 12.8. The maximum absolute atomic E-state index is 12.8. The highest BCUT2D eigenvalue weighted by Crippen LogP contribution is 2.35. The zero-order chi connectivity index (χ0) is 21.2. The van der Waals surface area contributed by atoms with Crippen LogP contribution in [0.2, 0.25) is 0 Å². The predicted molar refractivity (Wildman–Crippen MR) is 108 cm³/mol. The Bertz CT molecular complexity index is 997. The molecular weight excluding hydrogens is 394 g/mol. The van der Waals surface area contributed by atoms with Gasteiger partial charge in [0.25, 0.3) is 0 Å². The summed E-state index contributed by atoms with van der Waals surface area (Å²) >= 11 is 0. The SMILES string of the molecule is CCN(CC)S(=O)(=O)c1ccc2c(c1)CC(C(=O)NCc1ccco1)N2C(C)=O. The molecule has 2 amide bonds. The number of hydrogen-bond acceptors (Lipinski definition) is 5. The lowest BCUT2D eigenvalue weighted by Gasteiger charge is -2.23. The van der Waals surface area contributed by atoms with Crippen LogP contribution in [0, 0.1) is 0 Å². The third-order valence-electron chi connectivity index (χ3n) is 5.04. The molecule has 0 spiro atoms. The van der Waals surface area contributed by atoms with E-state index in [1.807, 2.05) is 0 Å². The van der Waals surface area contributed by atoms with Crippen LogP contribution in [-0.2, 0) is 32.6 Å². The molecule has 1 aliphatic heterocycles. The summed E-state index contributed by atoms with van der Waals surface area (Å²) in [5, 5.41) is 2.77. The summed E-state index contributed by atoms with van der Waals surface area (Å²) in [6, 6.07) is 7.41. The Balaban J connectivity index is 1.86. The van der Waals surface area contributed by atoms with Crippen molar-refractivity contribution in [1.29, 1.82) is 0 Å². The first kappa shape index (κ1) is 21.1. The smallest absolute Gasteiger partial charge is 0.243 e. The molecule has 1 aliphatic rings. The van der Waals surface area contributed by atoms with E-state index in [0.717, 1.165) is 0 Å². The van der Waals surface area contributed by atoms with Crippen molar-refractivity contribution in [2.45, 2.75) is 44.7 Å². The highest BCUT2D eigenvalue weighted by Gasteiger charge is 2.38. The van der Waals surface area contributed by atoms with Gasteiger partial charge >= 0.3 is 0 Å². The zero-order valence-electron chi connectivity index (χ0n) is 16.7. The Morgan fingerprint density at radius 3 is 2.55 bits per heavy atom. The molecule has 3 rings (SSSR count). The topological polar surface area (TPSA) is 99.9 Å². The second-order valence-electron chi connectivity index (χ2n) is 6.79. The van der Waals surface area contributed by atoms with Crippen LogP contribution in [0.1, 0.15) is 32.1 Å². The van der Waals surface area contributed by atoms with Gasteiger partial charge in [0, 0.05) is 32.1 Å². The minimum absolute atomic E-state index is 0.167. The van der Waals surface area contributed by atoms with Crippen LogP contribution >= 0.6 is 0 Å². The fourth-order valence-electron chi connectivity index (χ4n) is 3.61. The van der Waals surface area contributed by atoms with Crippen LogP contribution in [0.5, 0.6) is 0 Å². The van der Waals surface area contributed by atoms with Gasteiger partial charge in [-0.15, -0.1) is 0 Å². The van der Waals surface area contributed by atoms with Crippen LogP contribution in [0.25, 0.3) is 0 Å². The molecule has 2 aromatic rings. The minimum atomic E-state index is -3.62. The van der Waals surface area contributed by atoms with E-state index in [2.05, 4.69) is 5.32 Å². The molecule has 0 saturated carbocycles. The minimum Gasteiger partial charge on any atom is -0.467 e. The highest BCUT2D eigenvalue weighted by molar-refractivity contribution is 7.89. The van der Waals surface area contributed by atoms with Crippen LogP contribution < -0.4 is 10.2 Å². The lowest BCUT2D eigenvalue weighted by Crippen LogP contribution is -2.47. The van der Waals surface area contributed by atoms with Crippen molar-refractivity contribution in [3.8, 4) is 0 Å². The third-order valence-corrected chi connectivity index (χ3v) is 7.08. The standard InChI is InChI=1S/C20H25N3O5S/c1-4-22(5-2)29(26,27)17-8-9-18-15(11-17)12-19(23(18)14(3)24)20(25)21-13-16-7-6-10-28-16/h6-11,19H,4-5,12-13H2,1-3H3,(H,21,25). The number of fused-ring (bicyclic) bond motifs is 1. The number of amides is 2. The summed E-state index contributed by atoms with van der Waals surface area (Å²) in [5.74, 6) is 0.0121. The van der Waals surface area contributed by atoms with Crippen LogP contribution in [-0.4, -0.2) is 43.7 Å². The number of hydrogen-bond donors (Lipinski definition) is 1. The van der Waals surface area contributed by atoms with E-state index in [1.54, 1.807) is 38.1 Å². The van der Waals surface area contributed by atoms with Crippen LogP contribution in [0.15, 0.2) is 45.9 Å². The molecule has 8 nitrogen and oxygen atoms in total. The number of nitrogens with one attached hydrogen (secondary N) is 1. The van der Waals surface area contributed by atoms with Crippen molar-refractivity contribution >= 4 is 27.5 Å². The van der Waals surface area contributed by atoms with Gasteiger partial charge in [0.2, 0.25) is 21.8 Å². The van der Waals surface area contributed by atoms with Crippen LogP contribution in [0.3, 0.4) is 0 Å². The lowest BCUT2D eigenvalue weighted by molar-refractivity contribution is -0.125. The van der Waals surface area contributed by atoms with Gasteiger partial charge in [-0.3, -0.25) is 14.5 Å². The first-order valence-corrected chi connectivity index (χ1v) is 11.0. The second kappa shape index (κ2) is 8.38. The van der Waals surface area contributed by atoms with Crippen molar-refractivity contribution in [1.82, 2.24) is 9.62 Å². The third kappa shape index (κ3) is 4.06. The fraction of sp³-hybridized carbons (Fsp3) is 0.400. The normalized spacial score (nSPS) is 16.1. The number of nitrogens with zero attached hydrogens (tertiary/aromatic N) is 2. The predicted octanol–water partition coefficient (Wildman–Crippen LogP) is 1.90. The molecular formula is C20H25N3O5S. The Morgan fingerprint density at radius 1 is 1.24 bits per heavy atom. The first-order chi connectivity index (χ1) is 13.8. The van der Waals surface area contributed by atoms with E-state index in [1.165, 1.54) is 28.5 Å². The maximum Gasteiger partial charge on any atom is 0.243 e. The van der Waals surface area contributed by atoms with Crippen molar-refractivity contribution in [3.63, 3.8) is 0 Å². The molecule has 9 heteroatoms. The number of sulfonamides is 1. The summed E-state index contributed by atoms with van der Waals surface area (Å²) in [6.45, 7) is 5.91. The quantitative estimate of drug-likeness (QED) is 0.739. The molecule has 0 aliphatic carbocycles. The van der Waals surface area contributed by atoms with Gasteiger partial charge in [0.05, 0.1) is 17.7 Å². The lowest BCUT2D eigenvalue weighted by atomic mass is 10.1. The summed E-state index contributed by atoms with van der Waals surface area (Å²) in [7, 11) is -3.62. The van der Waals surface area contributed by atoms with Gasteiger partial charge in [-0.1, -0.05) is 13.8 Å². The molecule has 2 heterocycles. The van der Waals surface area contributed by atoms with Crippen molar-refractivity contribution in [2.24, 2.45) is 0 Å². The number of rotatable bonds is 7. The first-order valence-electron chi connectivity index (χ1n) is 9.52. The van der Waals surface area contributed by atoms with Gasteiger partial charge in [-0.2, -0.15) is 4.31 Å². The van der Waals surface area contributed by atoms with Gasteiger partial charge in [-0.05, 0) is 35.9 Å². The largest absolute Gasteiger partial charge is 0.467 e. The molecule has 1 N–H and O–H groups in total. The van der Waals surface area contributed by atoms with Gasteiger partial charge in [0.1, 0.15) is 11.8 Å². The summed E-state index contributed by atoms with van der Waals surface area (Å²) in [4.78, 5) is 26.6. The molecule has 156 valence electrons. The fourth-order valence-corrected chi connectivity index (χ4v) is 5.11.